The summed E-state index contributed by atoms with van der Waals surface area (Å²) in [6.07, 6.45) is 2.29. The number of fused-ring (bicyclic) bond motifs is 1. The van der Waals surface area contributed by atoms with Crippen LogP contribution in [0.1, 0.15) is 11.7 Å². The average molecular weight is 409 g/mol. The van der Waals surface area contributed by atoms with E-state index in [4.69, 9.17) is 9.47 Å². The Balaban J connectivity index is 1.64. The Morgan fingerprint density at radius 1 is 1.03 bits per heavy atom. The van der Waals surface area contributed by atoms with Crippen molar-refractivity contribution < 1.29 is 19.0 Å². The highest BCUT2D eigenvalue weighted by molar-refractivity contribution is 5.65. The lowest BCUT2D eigenvalue weighted by molar-refractivity contribution is 0.154. The molecule has 0 saturated carbocycles. The molecular weight excluding hydrogens is 389 g/mol. The maximum absolute atomic E-state index is 13.2. The Kier molecular flexibility index (Phi) is 5.24. The zero-order valence-electron chi connectivity index (χ0n) is 16.4. The van der Waals surface area contributed by atoms with Gasteiger partial charge in [0.25, 0.3) is 5.56 Å². The quantitative estimate of drug-likeness (QED) is 0.530. The molecule has 30 heavy (non-hydrogen) atoms. The van der Waals surface area contributed by atoms with Crippen LogP contribution < -0.4 is 15.0 Å². The van der Waals surface area contributed by atoms with E-state index in [1.165, 1.54) is 35.4 Å². The summed E-state index contributed by atoms with van der Waals surface area (Å²) in [7, 11) is 3.05. The third-order valence-corrected chi connectivity index (χ3v) is 4.91. The lowest BCUT2D eigenvalue weighted by Crippen LogP contribution is -2.24. The molecule has 2 aromatic heterocycles. The topological polar surface area (TPSA) is 78.0 Å². The van der Waals surface area contributed by atoms with E-state index >= 15 is 0 Å². The highest BCUT2D eigenvalue weighted by Crippen LogP contribution is 2.30. The van der Waals surface area contributed by atoms with Gasteiger partial charge in [-0.1, -0.05) is 6.07 Å². The van der Waals surface area contributed by atoms with Crippen molar-refractivity contribution in [3.05, 3.63) is 82.7 Å². The molecular formula is C22H20FN3O4. The van der Waals surface area contributed by atoms with E-state index in [1.807, 2.05) is 0 Å². The fraction of sp³-hybridized carbons (Fsp3) is 0.182. The van der Waals surface area contributed by atoms with Crippen molar-refractivity contribution in [2.45, 2.75) is 12.6 Å². The summed E-state index contributed by atoms with van der Waals surface area (Å²) in [6, 6.07) is 12.7. The highest BCUT2D eigenvalue weighted by Gasteiger charge is 2.15. The molecule has 8 heteroatoms. The molecule has 1 N–H and O–H groups in total. The molecule has 0 radical (unpaired) electrons. The molecule has 0 spiro atoms. The molecule has 0 saturated heterocycles. The minimum atomic E-state index is -0.926. The number of nitrogens with zero attached hydrogens (tertiary/aromatic N) is 3. The first kappa shape index (κ1) is 19.7. The predicted molar refractivity (Wildman–Crippen MR) is 109 cm³/mol. The van der Waals surface area contributed by atoms with Gasteiger partial charge in [0.1, 0.15) is 11.3 Å². The number of ether oxygens (including phenoxy) is 2. The van der Waals surface area contributed by atoms with Crippen molar-refractivity contribution in [1.82, 2.24) is 14.2 Å². The van der Waals surface area contributed by atoms with Gasteiger partial charge in [-0.2, -0.15) is 5.10 Å². The van der Waals surface area contributed by atoms with E-state index in [1.54, 1.807) is 48.8 Å². The average Bonchev–Trinajstić information content (AvgIpc) is 3.20. The third-order valence-electron chi connectivity index (χ3n) is 4.91. The van der Waals surface area contributed by atoms with Crippen molar-refractivity contribution in [3.63, 3.8) is 0 Å². The number of halogens is 1. The summed E-state index contributed by atoms with van der Waals surface area (Å²) >= 11 is 0. The van der Waals surface area contributed by atoms with Crippen LogP contribution in [-0.2, 0) is 6.54 Å². The Morgan fingerprint density at radius 2 is 1.77 bits per heavy atom. The van der Waals surface area contributed by atoms with Crippen LogP contribution in [0.2, 0.25) is 0 Å². The number of aliphatic hydroxyl groups is 1. The maximum Gasteiger partial charge on any atom is 0.276 e. The number of rotatable bonds is 6. The highest BCUT2D eigenvalue weighted by atomic mass is 19.1. The molecule has 2 heterocycles. The van der Waals surface area contributed by atoms with E-state index in [-0.39, 0.29) is 17.9 Å². The molecule has 0 unspecified atom stereocenters. The van der Waals surface area contributed by atoms with E-state index in [2.05, 4.69) is 5.10 Å². The Bertz CT molecular complexity index is 1250. The Hall–Kier alpha value is -3.65. The lowest BCUT2D eigenvalue weighted by Gasteiger charge is -2.15. The van der Waals surface area contributed by atoms with Gasteiger partial charge in [0, 0.05) is 18.0 Å². The monoisotopic (exact) mass is 409 g/mol. The van der Waals surface area contributed by atoms with Crippen molar-refractivity contribution in [2.75, 3.05) is 14.2 Å². The minimum absolute atomic E-state index is 0.0574. The minimum Gasteiger partial charge on any atom is -0.493 e. The first-order valence-corrected chi connectivity index (χ1v) is 9.25. The summed E-state index contributed by atoms with van der Waals surface area (Å²) in [5, 5.41) is 15.0. The van der Waals surface area contributed by atoms with Gasteiger partial charge < -0.3 is 19.1 Å². The van der Waals surface area contributed by atoms with Gasteiger partial charge in [0.15, 0.2) is 11.5 Å². The van der Waals surface area contributed by atoms with E-state index in [0.717, 1.165) is 0 Å². The fourth-order valence-electron chi connectivity index (χ4n) is 3.28. The molecule has 0 aliphatic rings. The van der Waals surface area contributed by atoms with Crippen LogP contribution in [0.5, 0.6) is 11.5 Å². The molecule has 0 aliphatic carbocycles. The Labute approximate surface area is 171 Å². The van der Waals surface area contributed by atoms with Gasteiger partial charge in [0.2, 0.25) is 0 Å². The largest absolute Gasteiger partial charge is 0.493 e. The summed E-state index contributed by atoms with van der Waals surface area (Å²) in [4.78, 5) is 12.9. The van der Waals surface area contributed by atoms with Crippen LogP contribution >= 0.6 is 0 Å². The molecule has 7 nitrogen and oxygen atoms in total. The van der Waals surface area contributed by atoms with E-state index < -0.39 is 6.10 Å². The maximum atomic E-state index is 13.2. The molecule has 0 amide bonds. The summed E-state index contributed by atoms with van der Waals surface area (Å²) in [5.41, 5.74) is 1.93. The molecule has 0 aliphatic heterocycles. The third kappa shape index (κ3) is 3.65. The fourth-order valence-corrected chi connectivity index (χ4v) is 3.28. The normalized spacial score (nSPS) is 12.1. The van der Waals surface area contributed by atoms with Gasteiger partial charge in [-0.3, -0.25) is 4.79 Å². The van der Waals surface area contributed by atoms with Crippen LogP contribution in [0, 0.1) is 5.82 Å². The van der Waals surface area contributed by atoms with Crippen LogP contribution in [0.3, 0.4) is 0 Å². The molecule has 4 aromatic rings. The van der Waals surface area contributed by atoms with E-state index in [9.17, 15) is 14.3 Å². The SMILES string of the molecule is COc1ccc([C@H](O)Cn2ccn3nc(-c4ccc(F)cc4)cc3c2=O)cc1OC. The van der Waals surface area contributed by atoms with Crippen molar-refractivity contribution in [3.8, 4) is 22.8 Å². The number of aliphatic hydroxyl groups excluding tert-OH is 1. The number of hydrogen-bond donors (Lipinski definition) is 1. The van der Waals surface area contributed by atoms with Gasteiger partial charge in [-0.25, -0.2) is 8.91 Å². The molecule has 0 fully saturated rings. The molecule has 4 rings (SSSR count). The van der Waals surface area contributed by atoms with Crippen molar-refractivity contribution >= 4 is 5.52 Å². The van der Waals surface area contributed by atoms with Crippen LogP contribution in [-0.4, -0.2) is 33.5 Å². The summed E-state index contributed by atoms with van der Waals surface area (Å²) in [6.45, 7) is 0.0574. The van der Waals surface area contributed by atoms with Crippen LogP contribution in [0.25, 0.3) is 16.8 Å². The first-order valence-electron chi connectivity index (χ1n) is 9.25. The smallest absolute Gasteiger partial charge is 0.276 e. The zero-order chi connectivity index (χ0) is 21.3. The second kappa shape index (κ2) is 8.00. The Morgan fingerprint density at radius 3 is 2.47 bits per heavy atom. The van der Waals surface area contributed by atoms with Gasteiger partial charge in [0.05, 0.1) is 32.6 Å². The second-order valence-electron chi connectivity index (χ2n) is 6.75. The van der Waals surface area contributed by atoms with Crippen LogP contribution in [0.15, 0.2) is 65.7 Å². The van der Waals surface area contributed by atoms with Crippen LogP contribution in [0.4, 0.5) is 4.39 Å². The predicted octanol–water partition coefficient (Wildman–Crippen LogP) is 3.05. The summed E-state index contributed by atoms with van der Waals surface area (Å²) < 4.78 is 26.5. The molecule has 1 atom stereocenters. The standard InChI is InChI=1S/C22H20FN3O4/c1-29-20-8-5-15(11-21(20)30-2)19(27)13-25-9-10-26-18(22(25)28)12-17(24-26)14-3-6-16(23)7-4-14/h3-12,19,27H,13H2,1-2H3/t19-/m1/s1. The first-order chi connectivity index (χ1) is 14.5. The molecule has 2 aromatic carbocycles. The van der Waals surface area contributed by atoms with E-state index in [0.29, 0.717) is 33.8 Å². The lowest BCUT2D eigenvalue weighted by atomic mass is 10.1. The molecule has 0 bridgehead atoms. The zero-order valence-corrected chi connectivity index (χ0v) is 16.4. The van der Waals surface area contributed by atoms with Gasteiger partial charge >= 0.3 is 0 Å². The number of methoxy groups -OCH3 is 2. The number of hydrogen-bond acceptors (Lipinski definition) is 5. The molecule has 154 valence electrons. The summed E-state index contributed by atoms with van der Waals surface area (Å²) in [5.74, 6) is 0.713. The second-order valence-corrected chi connectivity index (χ2v) is 6.75. The van der Waals surface area contributed by atoms with Crippen molar-refractivity contribution in [2.24, 2.45) is 0 Å². The van der Waals surface area contributed by atoms with Crippen molar-refractivity contribution in [1.29, 1.82) is 0 Å². The van der Waals surface area contributed by atoms with Gasteiger partial charge in [-0.15, -0.1) is 0 Å². The van der Waals surface area contributed by atoms with Gasteiger partial charge in [-0.05, 0) is 48.0 Å². The number of benzene rings is 2. The number of aromatic nitrogens is 3.